The van der Waals surface area contributed by atoms with Crippen molar-refractivity contribution in [3.63, 3.8) is 0 Å². The minimum absolute atomic E-state index is 0.0470. The normalized spacial score (nSPS) is 10.7. The molecule has 0 bridgehead atoms. The molecule has 0 aliphatic rings. The van der Waals surface area contributed by atoms with Crippen LogP contribution in [-0.4, -0.2) is 40.6 Å². The Hall–Kier alpha value is -3.68. The van der Waals surface area contributed by atoms with Crippen LogP contribution in [0, 0.1) is 0 Å². The number of aryl methyl sites for hydroxylation is 1. The summed E-state index contributed by atoms with van der Waals surface area (Å²) in [4.78, 5) is 50.0. The van der Waals surface area contributed by atoms with Gasteiger partial charge in [0.2, 0.25) is 5.91 Å². The highest BCUT2D eigenvalue weighted by atomic mass is 16.2. The van der Waals surface area contributed by atoms with Crippen molar-refractivity contribution in [2.24, 2.45) is 0 Å². The zero-order valence-electron chi connectivity index (χ0n) is 16.3. The molecule has 0 saturated carbocycles. The predicted molar refractivity (Wildman–Crippen MR) is 110 cm³/mol. The van der Waals surface area contributed by atoms with Crippen LogP contribution in [0.5, 0.6) is 0 Å². The molecular formula is C21H22N4O4. The number of nitrogens with one attached hydrogen (secondary N) is 2. The van der Waals surface area contributed by atoms with E-state index in [1.165, 1.54) is 4.90 Å². The average Bonchev–Trinajstić information content (AvgIpc) is 2.73. The molecule has 29 heavy (non-hydrogen) atoms. The standard InChI is InChI=1S/C21H22N4O4/c1-24(2)20(28)15-9-7-14(8-10-15)13-22-18(26)11-12-25-21(29)17-6-4-3-5-16(17)19(27)23-25/h3-10H,11-13H2,1-2H3,(H,22,26)(H,23,27). The van der Waals surface area contributed by atoms with E-state index in [1.807, 2.05) is 0 Å². The number of rotatable bonds is 6. The summed E-state index contributed by atoms with van der Waals surface area (Å²) in [5, 5.41) is 5.93. The molecule has 0 radical (unpaired) electrons. The van der Waals surface area contributed by atoms with Crippen LogP contribution in [0.4, 0.5) is 0 Å². The van der Waals surface area contributed by atoms with Crippen LogP contribution >= 0.6 is 0 Å². The molecule has 0 aliphatic heterocycles. The summed E-state index contributed by atoms with van der Waals surface area (Å²) in [5.74, 6) is -0.338. The lowest BCUT2D eigenvalue weighted by molar-refractivity contribution is -0.121. The summed E-state index contributed by atoms with van der Waals surface area (Å²) in [7, 11) is 3.37. The lowest BCUT2D eigenvalue weighted by Crippen LogP contribution is -2.32. The zero-order valence-corrected chi connectivity index (χ0v) is 16.3. The number of hydrogen-bond acceptors (Lipinski definition) is 4. The molecule has 1 aromatic heterocycles. The predicted octanol–water partition coefficient (Wildman–Crippen LogP) is 1.10. The smallest absolute Gasteiger partial charge is 0.273 e. The van der Waals surface area contributed by atoms with Crippen molar-refractivity contribution in [2.45, 2.75) is 19.5 Å². The number of benzene rings is 2. The largest absolute Gasteiger partial charge is 0.352 e. The molecular weight excluding hydrogens is 372 g/mol. The number of nitrogens with zero attached hydrogens (tertiary/aromatic N) is 2. The number of amides is 2. The van der Waals surface area contributed by atoms with E-state index >= 15 is 0 Å². The van der Waals surface area contributed by atoms with E-state index in [0.717, 1.165) is 10.2 Å². The number of aromatic nitrogens is 2. The third-order valence-corrected chi connectivity index (χ3v) is 4.54. The van der Waals surface area contributed by atoms with Crippen LogP contribution in [0.25, 0.3) is 10.8 Å². The molecule has 8 nitrogen and oxygen atoms in total. The summed E-state index contributed by atoms with van der Waals surface area (Å²) in [6, 6.07) is 13.5. The molecule has 3 aromatic rings. The number of fused-ring (bicyclic) bond motifs is 1. The van der Waals surface area contributed by atoms with Crippen molar-refractivity contribution in [3.8, 4) is 0 Å². The van der Waals surface area contributed by atoms with E-state index in [1.54, 1.807) is 62.6 Å². The Labute approximate surface area is 166 Å². The number of carbonyl (C=O) groups excluding carboxylic acids is 2. The van der Waals surface area contributed by atoms with E-state index in [2.05, 4.69) is 10.4 Å². The lowest BCUT2D eigenvalue weighted by atomic mass is 10.1. The molecule has 1 heterocycles. The van der Waals surface area contributed by atoms with Crippen LogP contribution in [0.2, 0.25) is 0 Å². The molecule has 0 unspecified atom stereocenters. The van der Waals surface area contributed by atoms with Crippen molar-refractivity contribution >= 4 is 22.6 Å². The topological polar surface area (TPSA) is 104 Å². The van der Waals surface area contributed by atoms with Gasteiger partial charge in [-0.25, -0.2) is 4.68 Å². The first kappa shape index (κ1) is 20.1. The van der Waals surface area contributed by atoms with E-state index in [-0.39, 0.29) is 35.9 Å². The molecule has 2 amide bonds. The van der Waals surface area contributed by atoms with Gasteiger partial charge in [-0.15, -0.1) is 0 Å². The summed E-state index contributed by atoms with van der Waals surface area (Å²) >= 11 is 0. The second-order valence-corrected chi connectivity index (χ2v) is 6.87. The van der Waals surface area contributed by atoms with Crippen molar-refractivity contribution < 1.29 is 9.59 Å². The maximum absolute atomic E-state index is 12.4. The third-order valence-electron chi connectivity index (χ3n) is 4.54. The van der Waals surface area contributed by atoms with Gasteiger partial charge in [0.15, 0.2) is 0 Å². The van der Waals surface area contributed by atoms with Gasteiger partial charge in [0.05, 0.1) is 17.3 Å². The first-order valence-electron chi connectivity index (χ1n) is 9.16. The van der Waals surface area contributed by atoms with Gasteiger partial charge in [0.1, 0.15) is 0 Å². The Bertz CT molecular complexity index is 1160. The molecule has 0 spiro atoms. The van der Waals surface area contributed by atoms with Crippen LogP contribution < -0.4 is 16.4 Å². The molecule has 8 heteroatoms. The Kier molecular flexibility index (Phi) is 5.92. The zero-order chi connectivity index (χ0) is 21.0. The Morgan fingerprint density at radius 1 is 1.00 bits per heavy atom. The maximum Gasteiger partial charge on any atom is 0.273 e. The Morgan fingerprint density at radius 2 is 1.66 bits per heavy atom. The van der Waals surface area contributed by atoms with Gasteiger partial charge in [-0.2, -0.15) is 0 Å². The summed E-state index contributed by atoms with van der Waals surface area (Å²) in [6.07, 6.45) is 0.0470. The van der Waals surface area contributed by atoms with E-state index in [9.17, 15) is 19.2 Å². The minimum Gasteiger partial charge on any atom is -0.352 e. The molecule has 0 fully saturated rings. The monoisotopic (exact) mass is 394 g/mol. The summed E-state index contributed by atoms with van der Waals surface area (Å²) < 4.78 is 1.16. The molecule has 0 aliphatic carbocycles. The van der Waals surface area contributed by atoms with Gasteiger partial charge in [0.25, 0.3) is 17.0 Å². The fourth-order valence-corrected chi connectivity index (χ4v) is 2.93. The van der Waals surface area contributed by atoms with Crippen molar-refractivity contribution in [2.75, 3.05) is 14.1 Å². The minimum atomic E-state index is -0.368. The number of H-pyrrole nitrogens is 1. The maximum atomic E-state index is 12.4. The highest BCUT2D eigenvalue weighted by Gasteiger charge is 2.10. The molecule has 150 valence electrons. The van der Waals surface area contributed by atoms with Gasteiger partial charge in [0, 0.05) is 32.6 Å². The second kappa shape index (κ2) is 8.55. The van der Waals surface area contributed by atoms with Gasteiger partial charge >= 0.3 is 0 Å². The second-order valence-electron chi connectivity index (χ2n) is 6.87. The van der Waals surface area contributed by atoms with Crippen LogP contribution in [0.1, 0.15) is 22.3 Å². The first-order chi connectivity index (χ1) is 13.9. The molecule has 0 atom stereocenters. The average molecular weight is 394 g/mol. The van der Waals surface area contributed by atoms with Crippen molar-refractivity contribution in [1.82, 2.24) is 20.0 Å². The number of aromatic amines is 1. The first-order valence-corrected chi connectivity index (χ1v) is 9.16. The highest BCUT2D eigenvalue weighted by Crippen LogP contribution is 2.06. The molecule has 2 N–H and O–H groups in total. The van der Waals surface area contributed by atoms with Crippen molar-refractivity contribution in [1.29, 1.82) is 0 Å². The van der Waals surface area contributed by atoms with Gasteiger partial charge in [-0.05, 0) is 29.8 Å². The fourth-order valence-electron chi connectivity index (χ4n) is 2.93. The Balaban J connectivity index is 1.59. The number of hydrogen-bond donors (Lipinski definition) is 2. The third kappa shape index (κ3) is 4.60. The summed E-state index contributed by atoms with van der Waals surface area (Å²) in [5.41, 5.74) is 0.719. The lowest BCUT2D eigenvalue weighted by Gasteiger charge is -2.11. The molecule has 3 rings (SSSR count). The van der Waals surface area contributed by atoms with Gasteiger partial charge in [-0.1, -0.05) is 24.3 Å². The van der Waals surface area contributed by atoms with Gasteiger partial charge in [-0.3, -0.25) is 24.3 Å². The summed E-state index contributed by atoms with van der Waals surface area (Å²) in [6.45, 7) is 0.374. The Morgan fingerprint density at radius 3 is 2.31 bits per heavy atom. The highest BCUT2D eigenvalue weighted by molar-refractivity contribution is 5.93. The molecule has 0 saturated heterocycles. The van der Waals surface area contributed by atoms with Crippen molar-refractivity contribution in [3.05, 3.63) is 80.4 Å². The number of carbonyl (C=O) groups is 2. The van der Waals surface area contributed by atoms with Gasteiger partial charge < -0.3 is 10.2 Å². The van der Waals surface area contributed by atoms with E-state index in [0.29, 0.717) is 22.9 Å². The fraction of sp³-hybridized carbons (Fsp3) is 0.238. The SMILES string of the molecule is CN(C)C(=O)c1ccc(CNC(=O)CCn2[nH]c(=O)c3ccccc3c2=O)cc1. The molecule has 2 aromatic carbocycles. The van der Waals surface area contributed by atoms with E-state index < -0.39 is 0 Å². The van der Waals surface area contributed by atoms with Crippen LogP contribution in [0.15, 0.2) is 58.1 Å². The quantitative estimate of drug-likeness (QED) is 0.653. The van der Waals surface area contributed by atoms with E-state index in [4.69, 9.17) is 0 Å². The van der Waals surface area contributed by atoms with Crippen LogP contribution in [0.3, 0.4) is 0 Å². The van der Waals surface area contributed by atoms with Crippen LogP contribution in [-0.2, 0) is 17.9 Å².